The third kappa shape index (κ3) is 2.53. The standard InChI is InChI=1S/C11H13N3S/c12-10(13)5-6-15-11-7-8-3-1-2-4-9(8)14-11/h1-4,7,14H,5-6H2,(H3,12,13). The van der Waals surface area contributed by atoms with E-state index in [0.29, 0.717) is 6.42 Å². The van der Waals surface area contributed by atoms with Gasteiger partial charge in [-0.05, 0) is 12.1 Å². The summed E-state index contributed by atoms with van der Waals surface area (Å²) in [7, 11) is 0. The van der Waals surface area contributed by atoms with E-state index in [0.717, 1.165) is 16.3 Å². The number of nitrogens with one attached hydrogen (secondary N) is 2. The van der Waals surface area contributed by atoms with Crippen molar-refractivity contribution in [2.24, 2.45) is 5.73 Å². The molecule has 2 aromatic rings. The summed E-state index contributed by atoms with van der Waals surface area (Å²) >= 11 is 1.70. The maximum absolute atomic E-state index is 7.12. The number of nitrogens with two attached hydrogens (primary N) is 1. The highest BCUT2D eigenvalue weighted by Crippen LogP contribution is 2.23. The van der Waals surface area contributed by atoms with Crippen LogP contribution in [0.4, 0.5) is 0 Å². The molecule has 0 aliphatic carbocycles. The molecule has 0 aliphatic heterocycles. The number of aromatic nitrogens is 1. The van der Waals surface area contributed by atoms with Gasteiger partial charge in [-0.2, -0.15) is 0 Å². The van der Waals surface area contributed by atoms with Crippen LogP contribution in [0, 0.1) is 5.41 Å². The zero-order chi connectivity index (χ0) is 10.7. The number of para-hydroxylation sites is 1. The Morgan fingerprint density at radius 1 is 1.40 bits per heavy atom. The monoisotopic (exact) mass is 219 g/mol. The summed E-state index contributed by atoms with van der Waals surface area (Å²) in [5, 5.41) is 9.48. The second-order valence-corrected chi connectivity index (χ2v) is 4.48. The number of rotatable bonds is 4. The van der Waals surface area contributed by atoms with E-state index in [-0.39, 0.29) is 5.84 Å². The summed E-state index contributed by atoms with van der Waals surface area (Å²) in [6, 6.07) is 10.3. The number of hydrogen-bond acceptors (Lipinski definition) is 2. The quantitative estimate of drug-likeness (QED) is 0.420. The summed E-state index contributed by atoms with van der Waals surface area (Å²) in [5.41, 5.74) is 6.45. The lowest BCUT2D eigenvalue weighted by Gasteiger charge is -1.96. The lowest BCUT2D eigenvalue weighted by molar-refractivity contribution is 1.19. The van der Waals surface area contributed by atoms with E-state index < -0.39 is 0 Å². The SMILES string of the molecule is N=C(N)CCSc1cc2ccccc2[nH]1. The maximum atomic E-state index is 7.12. The number of thioether (sulfide) groups is 1. The van der Waals surface area contributed by atoms with E-state index in [1.54, 1.807) is 11.8 Å². The molecule has 1 aromatic carbocycles. The van der Waals surface area contributed by atoms with Gasteiger partial charge >= 0.3 is 0 Å². The Hall–Kier alpha value is -1.42. The molecule has 1 heterocycles. The molecule has 0 fully saturated rings. The Morgan fingerprint density at radius 3 is 2.93 bits per heavy atom. The molecule has 3 nitrogen and oxygen atoms in total. The van der Waals surface area contributed by atoms with E-state index in [9.17, 15) is 0 Å². The van der Waals surface area contributed by atoms with Crippen molar-refractivity contribution in [1.29, 1.82) is 5.41 Å². The van der Waals surface area contributed by atoms with Crippen LogP contribution in [-0.2, 0) is 0 Å². The van der Waals surface area contributed by atoms with Gasteiger partial charge in [0.05, 0.1) is 10.9 Å². The van der Waals surface area contributed by atoms with Gasteiger partial charge in [-0.1, -0.05) is 18.2 Å². The second-order valence-electron chi connectivity index (χ2n) is 3.34. The molecular weight excluding hydrogens is 206 g/mol. The molecule has 15 heavy (non-hydrogen) atoms. The van der Waals surface area contributed by atoms with Crippen molar-refractivity contribution in [1.82, 2.24) is 4.98 Å². The summed E-state index contributed by atoms with van der Waals surface area (Å²) < 4.78 is 0. The third-order valence-electron chi connectivity index (χ3n) is 2.13. The van der Waals surface area contributed by atoms with Crippen LogP contribution < -0.4 is 5.73 Å². The minimum atomic E-state index is 0.249. The third-order valence-corrected chi connectivity index (χ3v) is 3.07. The number of H-pyrrole nitrogens is 1. The number of benzene rings is 1. The van der Waals surface area contributed by atoms with Gasteiger partial charge in [-0.3, -0.25) is 5.41 Å². The number of hydrogen-bond donors (Lipinski definition) is 3. The number of aromatic amines is 1. The minimum absolute atomic E-state index is 0.249. The number of amidine groups is 1. The van der Waals surface area contributed by atoms with Gasteiger partial charge in [0.25, 0.3) is 0 Å². The van der Waals surface area contributed by atoms with Crippen molar-refractivity contribution < 1.29 is 0 Å². The van der Waals surface area contributed by atoms with E-state index in [2.05, 4.69) is 23.2 Å². The highest BCUT2D eigenvalue weighted by molar-refractivity contribution is 7.99. The van der Waals surface area contributed by atoms with Gasteiger partial charge in [-0.25, -0.2) is 0 Å². The van der Waals surface area contributed by atoms with Crippen LogP contribution in [-0.4, -0.2) is 16.6 Å². The van der Waals surface area contributed by atoms with Crippen LogP contribution in [0.5, 0.6) is 0 Å². The van der Waals surface area contributed by atoms with Gasteiger partial charge in [0, 0.05) is 23.1 Å². The molecule has 0 atom stereocenters. The summed E-state index contributed by atoms with van der Waals surface area (Å²) in [5.74, 6) is 1.10. The van der Waals surface area contributed by atoms with Crippen LogP contribution in [0.3, 0.4) is 0 Å². The molecule has 0 radical (unpaired) electrons. The van der Waals surface area contributed by atoms with E-state index >= 15 is 0 Å². The highest BCUT2D eigenvalue weighted by Gasteiger charge is 2.00. The Morgan fingerprint density at radius 2 is 2.20 bits per heavy atom. The molecule has 0 aliphatic rings. The van der Waals surface area contributed by atoms with Gasteiger partial charge in [-0.15, -0.1) is 11.8 Å². The molecule has 0 unspecified atom stereocenters. The van der Waals surface area contributed by atoms with Crippen molar-refractivity contribution in [2.45, 2.75) is 11.4 Å². The second kappa shape index (κ2) is 4.40. The Kier molecular flexibility index (Phi) is 2.97. The first-order valence-corrected chi connectivity index (χ1v) is 5.78. The van der Waals surface area contributed by atoms with Crippen LogP contribution >= 0.6 is 11.8 Å². The molecule has 78 valence electrons. The first-order valence-electron chi connectivity index (χ1n) is 4.79. The van der Waals surface area contributed by atoms with Crippen LogP contribution in [0.1, 0.15) is 6.42 Å². The van der Waals surface area contributed by atoms with Gasteiger partial charge in [0.1, 0.15) is 0 Å². The first kappa shape index (κ1) is 10.1. The molecule has 0 saturated heterocycles. The fourth-order valence-electron chi connectivity index (χ4n) is 1.40. The lowest BCUT2D eigenvalue weighted by atomic mass is 10.3. The predicted molar refractivity (Wildman–Crippen MR) is 65.6 cm³/mol. The number of fused-ring (bicyclic) bond motifs is 1. The largest absolute Gasteiger partial charge is 0.388 e. The van der Waals surface area contributed by atoms with Crippen molar-refractivity contribution >= 4 is 28.5 Å². The van der Waals surface area contributed by atoms with Crippen LogP contribution in [0.2, 0.25) is 0 Å². The van der Waals surface area contributed by atoms with Crippen LogP contribution in [0.15, 0.2) is 35.4 Å². The van der Waals surface area contributed by atoms with Gasteiger partial charge in [0.15, 0.2) is 0 Å². The molecule has 0 spiro atoms. The maximum Gasteiger partial charge on any atom is 0.0913 e. The molecule has 0 amide bonds. The lowest BCUT2D eigenvalue weighted by Crippen LogP contribution is -2.09. The summed E-state index contributed by atoms with van der Waals surface area (Å²) in [6.07, 6.45) is 0.639. The normalized spacial score (nSPS) is 10.7. The van der Waals surface area contributed by atoms with E-state index in [4.69, 9.17) is 11.1 Å². The topological polar surface area (TPSA) is 65.7 Å². The van der Waals surface area contributed by atoms with Crippen molar-refractivity contribution in [3.05, 3.63) is 30.3 Å². The average molecular weight is 219 g/mol. The predicted octanol–water partition coefficient (Wildman–Crippen LogP) is 2.59. The van der Waals surface area contributed by atoms with Crippen molar-refractivity contribution in [2.75, 3.05) is 5.75 Å². The van der Waals surface area contributed by atoms with Gasteiger partial charge in [0.2, 0.25) is 0 Å². The smallest absolute Gasteiger partial charge is 0.0913 e. The molecular formula is C11H13N3S. The molecule has 0 bridgehead atoms. The molecule has 0 saturated carbocycles. The first-order chi connectivity index (χ1) is 7.25. The van der Waals surface area contributed by atoms with Crippen molar-refractivity contribution in [3.8, 4) is 0 Å². The fourth-order valence-corrected chi connectivity index (χ4v) is 2.33. The molecule has 1 aromatic heterocycles. The zero-order valence-corrected chi connectivity index (χ0v) is 9.10. The Balaban J connectivity index is 2.05. The Labute approximate surface area is 92.6 Å². The molecule has 2 rings (SSSR count). The summed E-state index contributed by atoms with van der Waals surface area (Å²) in [4.78, 5) is 3.32. The Bertz CT molecular complexity index is 442. The fraction of sp³-hybridized carbons (Fsp3) is 0.182. The van der Waals surface area contributed by atoms with E-state index in [1.807, 2.05) is 12.1 Å². The van der Waals surface area contributed by atoms with E-state index in [1.165, 1.54) is 5.39 Å². The average Bonchev–Trinajstić information content (AvgIpc) is 2.59. The minimum Gasteiger partial charge on any atom is -0.388 e. The molecule has 4 N–H and O–H groups in total. The van der Waals surface area contributed by atoms with Crippen LogP contribution in [0.25, 0.3) is 10.9 Å². The zero-order valence-electron chi connectivity index (χ0n) is 8.29. The summed E-state index contributed by atoms with van der Waals surface area (Å²) in [6.45, 7) is 0. The highest BCUT2D eigenvalue weighted by atomic mass is 32.2. The molecule has 4 heteroatoms. The van der Waals surface area contributed by atoms with Gasteiger partial charge < -0.3 is 10.7 Å². The van der Waals surface area contributed by atoms with Crippen molar-refractivity contribution in [3.63, 3.8) is 0 Å².